The SMILES string of the molecule is NC(CCC(=O)O)C(=O)NC(CCC(=O)O)C(=O)NC(CO)C(=O)O. The predicted molar refractivity (Wildman–Crippen MR) is 80.3 cm³/mol. The number of nitrogens with one attached hydrogen (secondary N) is 2. The van der Waals surface area contributed by atoms with Crippen molar-refractivity contribution in [1.82, 2.24) is 10.6 Å². The molecule has 0 aliphatic heterocycles. The third kappa shape index (κ3) is 9.22. The van der Waals surface area contributed by atoms with E-state index in [1.54, 1.807) is 0 Å². The fraction of sp³-hybridized carbons (Fsp3) is 0.615. The quantitative estimate of drug-likeness (QED) is 0.187. The number of carboxylic acid groups (broad SMARTS) is 3. The van der Waals surface area contributed by atoms with Gasteiger partial charge in [0.1, 0.15) is 12.1 Å². The molecule has 0 fully saturated rings. The molecule has 142 valence electrons. The van der Waals surface area contributed by atoms with Crippen molar-refractivity contribution in [3.8, 4) is 0 Å². The maximum absolute atomic E-state index is 12.0. The van der Waals surface area contributed by atoms with Crippen molar-refractivity contribution in [2.75, 3.05) is 6.61 Å². The lowest BCUT2D eigenvalue weighted by molar-refractivity contribution is -0.144. The molecule has 0 saturated heterocycles. The minimum absolute atomic E-state index is 0.206. The van der Waals surface area contributed by atoms with Crippen molar-refractivity contribution in [3.05, 3.63) is 0 Å². The van der Waals surface area contributed by atoms with Gasteiger partial charge in [-0.05, 0) is 12.8 Å². The van der Waals surface area contributed by atoms with E-state index in [4.69, 9.17) is 26.2 Å². The molecule has 12 heteroatoms. The Hall–Kier alpha value is -2.73. The first-order chi connectivity index (χ1) is 11.6. The number of amides is 2. The van der Waals surface area contributed by atoms with Crippen LogP contribution in [0.5, 0.6) is 0 Å². The average molecular weight is 363 g/mol. The summed E-state index contributed by atoms with van der Waals surface area (Å²) in [5, 5.41) is 39.0. The monoisotopic (exact) mass is 363 g/mol. The standard InChI is InChI=1S/C13H21N3O9/c14-6(1-3-9(18)19)11(22)15-7(2-4-10(20)21)12(23)16-8(5-17)13(24)25/h6-8,17H,1-5,14H2,(H,15,22)(H,16,23)(H,18,19)(H,20,21)(H,24,25). The summed E-state index contributed by atoms with van der Waals surface area (Å²) in [4.78, 5) is 55.8. The molecule has 2 amide bonds. The predicted octanol–water partition coefficient (Wildman–Crippen LogP) is -2.91. The molecule has 0 saturated carbocycles. The van der Waals surface area contributed by atoms with E-state index >= 15 is 0 Å². The Balaban J connectivity index is 4.93. The van der Waals surface area contributed by atoms with Crippen LogP contribution < -0.4 is 16.4 Å². The number of hydrogen-bond donors (Lipinski definition) is 7. The number of hydrogen-bond acceptors (Lipinski definition) is 7. The van der Waals surface area contributed by atoms with Gasteiger partial charge in [0.05, 0.1) is 12.6 Å². The van der Waals surface area contributed by atoms with E-state index in [1.807, 2.05) is 5.32 Å². The molecule has 0 bridgehead atoms. The van der Waals surface area contributed by atoms with E-state index in [2.05, 4.69) is 5.32 Å². The Bertz CT molecular complexity index is 523. The second-order valence-electron chi connectivity index (χ2n) is 5.11. The molecule has 3 atom stereocenters. The molecule has 8 N–H and O–H groups in total. The van der Waals surface area contributed by atoms with Gasteiger partial charge in [-0.25, -0.2) is 4.79 Å². The molecule has 0 rings (SSSR count). The van der Waals surface area contributed by atoms with Crippen LogP contribution in [0, 0.1) is 0 Å². The molecule has 0 radical (unpaired) electrons. The molecule has 25 heavy (non-hydrogen) atoms. The largest absolute Gasteiger partial charge is 0.481 e. The van der Waals surface area contributed by atoms with Crippen LogP contribution in [0.15, 0.2) is 0 Å². The van der Waals surface area contributed by atoms with E-state index in [0.29, 0.717) is 0 Å². The zero-order valence-electron chi connectivity index (χ0n) is 13.2. The van der Waals surface area contributed by atoms with E-state index < -0.39 is 60.9 Å². The summed E-state index contributed by atoms with van der Waals surface area (Å²) < 4.78 is 0. The van der Waals surface area contributed by atoms with Crippen molar-refractivity contribution >= 4 is 29.7 Å². The van der Waals surface area contributed by atoms with Crippen LogP contribution in [-0.4, -0.2) is 74.9 Å². The smallest absolute Gasteiger partial charge is 0.328 e. The Labute approximate surface area is 142 Å². The maximum Gasteiger partial charge on any atom is 0.328 e. The second kappa shape index (κ2) is 10.9. The van der Waals surface area contributed by atoms with E-state index in [1.165, 1.54) is 0 Å². The first-order valence-electron chi connectivity index (χ1n) is 7.22. The summed E-state index contributed by atoms with van der Waals surface area (Å²) in [6.45, 7) is -0.904. The molecular formula is C13H21N3O9. The lowest BCUT2D eigenvalue weighted by Gasteiger charge is -2.21. The fourth-order valence-corrected chi connectivity index (χ4v) is 1.68. The van der Waals surface area contributed by atoms with Crippen LogP contribution in [-0.2, 0) is 24.0 Å². The third-order valence-electron chi connectivity index (χ3n) is 3.08. The van der Waals surface area contributed by atoms with Crippen LogP contribution in [0.1, 0.15) is 25.7 Å². The van der Waals surface area contributed by atoms with Gasteiger partial charge >= 0.3 is 17.9 Å². The summed E-state index contributed by atoms with van der Waals surface area (Å²) in [5.41, 5.74) is 5.49. The summed E-state index contributed by atoms with van der Waals surface area (Å²) in [6.07, 6.45) is -1.44. The average Bonchev–Trinajstić information content (AvgIpc) is 2.52. The number of carbonyl (C=O) groups excluding carboxylic acids is 2. The van der Waals surface area contributed by atoms with Crippen molar-refractivity contribution in [2.45, 2.75) is 43.8 Å². The molecule has 0 aromatic heterocycles. The van der Waals surface area contributed by atoms with Crippen molar-refractivity contribution in [3.63, 3.8) is 0 Å². The number of carbonyl (C=O) groups is 5. The zero-order chi connectivity index (χ0) is 19.6. The number of nitrogens with two attached hydrogens (primary N) is 1. The van der Waals surface area contributed by atoms with Gasteiger partial charge in [-0.1, -0.05) is 0 Å². The van der Waals surface area contributed by atoms with Gasteiger partial charge in [0.2, 0.25) is 11.8 Å². The van der Waals surface area contributed by atoms with E-state index in [9.17, 15) is 24.0 Å². The van der Waals surface area contributed by atoms with E-state index in [0.717, 1.165) is 0 Å². The van der Waals surface area contributed by atoms with Gasteiger partial charge in [-0.3, -0.25) is 19.2 Å². The molecule has 12 nitrogen and oxygen atoms in total. The minimum Gasteiger partial charge on any atom is -0.481 e. The highest BCUT2D eigenvalue weighted by atomic mass is 16.4. The van der Waals surface area contributed by atoms with Gasteiger partial charge in [0.15, 0.2) is 0 Å². The van der Waals surface area contributed by atoms with E-state index in [-0.39, 0.29) is 19.3 Å². The molecule has 0 aromatic rings. The highest BCUT2D eigenvalue weighted by molar-refractivity contribution is 5.92. The fourth-order valence-electron chi connectivity index (χ4n) is 1.68. The summed E-state index contributed by atoms with van der Waals surface area (Å²) in [6, 6.07) is -4.28. The normalized spacial score (nSPS) is 14.0. The van der Waals surface area contributed by atoms with Crippen LogP contribution in [0.25, 0.3) is 0 Å². The highest BCUT2D eigenvalue weighted by Crippen LogP contribution is 2.02. The van der Waals surface area contributed by atoms with Crippen LogP contribution in [0.4, 0.5) is 0 Å². The number of aliphatic hydroxyl groups is 1. The van der Waals surface area contributed by atoms with Gasteiger partial charge in [0.25, 0.3) is 0 Å². The number of rotatable bonds is 12. The molecule has 0 aliphatic carbocycles. The number of carboxylic acids is 3. The first-order valence-corrected chi connectivity index (χ1v) is 7.22. The minimum atomic E-state index is -1.63. The molecule has 0 aromatic carbocycles. The lowest BCUT2D eigenvalue weighted by atomic mass is 10.1. The molecule has 0 spiro atoms. The van der Waals surface area contributed by atoms with Crippen molar-refractivity contribution in [1.29, 1.82) is 0 Å². The van der Waals surface area contributed by atoms with Crippen LogP contribution in [0.3, 0.4) is 0 Å². The molecule has 0 aliphatic rings. The van der Waals surface area contributed by atoms with Crippen LogP contribution >= 0.6 is 0 Å². The van der Waals surface area contributed by atoms with Gasteiger partial charge in [-0.15, -0.1) is 0 Å². The molecular weight excluding hydrogens is 342 g/mol. The van der Waals surface area contributed by atoms with Crippen molar-refractivity contribution < 1.29 is 44.4 Å². The Morgan fingerprint density at radius 3 is 1.72 bits per heavy atom. The Kier molecular flexibility index (Phi) is 9.74. The van der Waals surface area contributed by atoms with Gasteiger partial charge in [-0.2, -0.15) is 0 Å². The molecule has 3 unspecified atom stereocenters. The highest BCUT2D eigenvalue weighted by Gasteiger charge is 2.28. The number of aliphatic carboxylic acids is 3. The third-order valence-corrected chi connectivity index (χ3v) is 3.08. The Morgan fingerprint density at radius 1 is 0.800 bits per heavy atom. The first kappa shape index (κ1) is 22.3. The van der Waals surface area contributed by atoms with Crippen LogP contribution in [0.2, 0.25) is 0 Å². The summed E-state index contributed by atoms with van der Waals surface area (Å²) in [5.74, 6) is -5.84. The summed E-state index contributed by atoms with van der Waals surface area (Å²) >= 11 is 0. The second-order valence-corrected chi connectivity index (χ2v) is 5.11. The lowest BCUT2D eigenvalue weighted by Crippen LogP contribution is -2.55. The topological polar surface area (TPSA) is 216 Å². The number of aliphatic hydroxyl groups excluding tert-OH is 1. The maximum atomic E-state index is 12.0. The summed E-state index contributed by atoms with van der Waals surface area (Å²) in [7, 11) is 0. The zero-order valence-corrected chi connectivity index (χ0v) is 13.2. The van der Waals surface area contributed by atoms with Gasteiger partial charge < -0.3 is 36.8 Å². The van der Waals surface area contributed by atoms with Gasteiger partial charge in [0, 0.05) is 12.8 Å². The van der Waals surface area contributed by atoms with Crippen molar-refractivity contribution in [2.24, 2.45) is 5.73 Å². The molecule has 0 heterocycles. The Morgan fingerprint density at radius 2 is 1.28 bits per heavy atom.